The third-order valence-corrected chi connectivity index (χ3v) is 11.9. The monoisotopic (exact) mass is 692 g/mol. The van der Waals surface area contributed by atoms with E-state index in [0.717, 1.165) is 38.5 Å². The first-order chi connectivity index (χ1) is 26.8. The number of allylic oxidation sites excluding steroid dienone is 7. The number of rotatable bonds is 5. The second kappa shape index (κ2) is 12.6. The van der Waals surface area contributed by atoms with E-state index in [1.807, 2.05) is 0 Å². The Morgan fingerprint density at radius 1 is 0.426 bits per heavy atom. The van der Waals surface area contributed by atoms with Crippen molar-refractivity contribution in [3.05, 3.63) is 186 Å². The van der Waals surface area contributed by atoms with Crippen LogP contribution < -0.4 is 0 Å². The van der Waals surface area contributed by atoms with Crippen molar-refractivity contribution in [3.8, 4) is 39.1 Å². The van der Waals surface area contributed by atoms with Crippen LogP contribution in [0.3, 0.4) is 0 Å². The average Bonchev–Trinajstić information content (AvgIpc) is 3.77. The van der Waals surface area contributed by atoms with E-state index in [1.54, 1.807) is 0 Å². The van der Waals surface area contributed by atoms with Gasteiger partial charge in [0.15, 0.2) is 0 Å². The van der Waals surface area contributed by atoms with E-state index in [9.17, 15) is 0 Å². The number of para-hydroxylation sites is 1. The molecule has 2 nitrogen and oxygen atoms in total. The summed E-state index contributed by atoms with van der Waals surface area (Å²) >= 11 is 0. The number of nitrogens with zero attached hydrogens (tertiary/aromatic N) is 2. The summed E-state index contributed by atoms with van der Waals surface area (Å²) in [5.74, 6) is 0. The molecule has 0 bridgehead atoms. The fourth-order valence-electron chi connectivity index (χ4n) is 9.53. The molecule has 3 aliphatic carbocycles. The van der Waals surface area contributed by atoms with Crippen LogP contribution in [0.15, 0.2) is 175 Å². The van der Waals surface area contributed by atoms with Gasteiger partial charge in [0.05, 0.1) is 16.6 Å². The van der Waals surface area contributed by atoms with Gasteiger partial charge in [0.25, 0.3) is 0 Å². The Labute approximate surface area is 316 Å². The molecule has 0 saturated heterocycles. The lowest BCUT2D eigenvalue weighted by atomic mass is 9.89. The highest BCUT2D eigenvalue weighted by molar-refractivity contribution is 6.19. The third-order valence-electron chi connectivity index (χ3n) is 11.9. The molecule has 2 heteroatoms. The molecular weight excluding hydrogens is 653 g/mol. The fraction of sp³-hybridized carbons (Fsp3) is 0.115. The first kappa shape index (κ1) is 31.2. The van der Waals surface area contributed by atoms with E-state index in [4.69, 9.17) is 0 Å². The highest BCUT2D eigenvalue weighted by atomic mass is 15.0. The number of hydrogen-bond acceptors (Lipinski definition) is 0. The van der Waals surface area contributed by atoms with E-state index >= 15 is 0 Å². The van der Waals surface area contributed by atoms with Crippen LogP contribution in [0.25, 0.3) is 83.5 Å². The molecule has 258 valence electrons. The van der Waals surface area contributed by atoms with Crippen molar-refractivity contribution in [2.24, 2.45) is 0 Å². The standard InChI is InChI=1S/C52H40N2/c1-3-15-35(16-4-1)39-31-40(36-17-5-2-6-18-36)34-42(33-39)54-48-26-12-10-22-46(48)52-44(24-14-28-50(52)54)43-23-13-27-49-51(43)45-21-9-11-25-47(45)53(49)41-30-29-37-19-7-8-20-38(37)32-41/h1-7,9,11-19,21,23-28,31-34H,8,10,20,22,29-30H2. The molecule has 0 aliphatic heterocycles. The van der Waals surface area contributed by atoms with Crippen LogP contribution in [0.1, 0.15) is 43.4 Å². The maximum Gasteiger partial charge on any atom is 0.0544 e. The SMILES string of the molecule is C1=CC2=C(C=C(n3c4ccccc4c4c(-c5cccc6c5c5c(n6-c6cc(-c7ccccc7)cc(-c7ccccc7)c6)C=CCC5)cccc43)CC2)CC1. The molecule has 0 fully saturated rings. The van der Waals surface area contributed by atoms with Crippen LogP contribution in [0.2, 0.25) is 0 Å². The second-order valence-corrected chi connectivity index (χ2v) is 15.0. The largest absolute Gasteiger partial charge is 0.313 e. The normalized spacial score (nSPS) is 15.2. The molecule has 0 amide bonds. The van der Waals surface area contributed by atoms with Crippen molar-refractivity contribution in [2.45, 2.75) is 38.5 Å². The van der Waals surface area contributed by atoms with Crippen LogP contribution in [0.5, 0.6) is 0 Å². The van der Waals surface area contributed by atoms with Gasteiger partial charge in [-0.25, -0.2) is 0 Å². The van der Waals surface area contributed by atoms with Crippen LogP contribution in [0, 0.1) is 0 Å². The van der Waals surface area contributed by atoms with Gasteiger partial charge < -0.3 is 9.13 Å². The molecule has 0 unspecified atom stereocenters. The van der Waals surface area contributed by atoms with Crippen LogP contribution in [-0.2, 0) is 6.42 Å². The van der Waals surface area contributed by atoms with Gasteiger partial charge in [-0.15, -0.1) is 0 Å². The fourth-order valence-corrected chi connectivity index (χ4v) is 9.53. The third kappa shape index (κ3) is 4.94. The number of fused-ring (bicyclic) bond motifs is 6. The van der Waals surface area contributed by atoms with E-state index < -0.39 is 0 Å². The molecule has 0 atom stereocenters. The highest BCUT2D eigenvalue weighted by Gasteiger charge is 2.25. The lowest BCUT2D eigenvalue weighted by Gasteiger charge is -2.22. The molecule has 0 radical (unpaired) electrons. The summed E-state index contributed by atoms with van der Waals surface area (Å²) in [6.07, 6.45) is 18.4. The molecule has 8 aromatic rings. The zero-order valence-electron chi connectivity index (χ0n) is 30.3. The zero-order valence-corrected chi connectivity index (χ0v) is 30.3. The summed E-state index contributed by atoms with van der Waals surface area (Å²) < 4.78 is 5.10. The number of aryl methyl sites for hydroxylation is 1. The summed E-state index contributed by atoms with van der Waals surface area (Å²) in [4.78, 5) is 0. The van der Waals surface area contributed by atoms with Gasteiger partial charge in [0.1, 0.15) is 0 Å². The quantitative estimate of drug-likeness (QED) is 0.170. The van der Waals surface area contributed by atoms with E-state index in [2.05, 4.69) is 179 Å². The molecule has 0 spiro atoms. The van der Waals surface area contributed by atoms with E-state index in [0.29, 0.717) is 0 Å². The minimum atomic E-state index is 1.02. The molecule has 2 heterocycles. The number of benzene rings is 6. The summed E-state index contributed by atoms with van der Waals surface area (Å²) in [5, 5.41) is 4.03. The summed E-state index contributed by atoms with van der Waals surface area (Å²) in [5.41, 5.74) is 19.7. The summed E-state index contributed by atoms with van der Waals surface area (Å²) in [6.45, 7) is 0. The van der Waals surface area contributed by atoms with Crippen molar-refractivity contribution in [1.82, 2.24) is 9.13 Å². The maximum atomic E-state index is 2.57. The molecule has 2 aromatic heterocycles. The van der Waals surface area contributed by atoms with Gasteiger partial charge in [0.2, 0.25) is 0 Å². The van der Waals surface area contributed by atoms with Gasteiger partial charge in [-0.1, -0.05) is 121 Å². The second-order valence-electron chi connectivity index (χ2n) is 15.0. The Morgan fingerprint density at radius 3 is 1.81 bits per heavy atom. The van der Waals surface area contributed by atoms with Gasteiger partial charge in [-0.2, -0.15) is 0 Å². The minimum Gasteiger partial charge on any atom is -0.313 e. The van der Waals surface area contributed by atoms with Crippen LogP contribution in [0.4, 0.5) is 0 Å². The Bertz CT molecular complexity index is 2850. The molecular formula is C52H40N2. The van der Waals surface area contributed by atoms with Gasteiger partial charge in [0, 0.05) is 33.2 Å². The molecule has 0 N–H and O–H groups in total. The summed E-state index contributed by atoms with van der Waals surface area (Å²) in [6, 6.07) is 51.7. The predicted molar refractivity (Wildman–Crippen MR) is 229 cm³/mol. The van der Waals surface area contributed by atoms with Gasteiger partial charge >= 0.3 is 0 Å². The topological polar surface area (TPSA) is 9.86 Å². The van der Waals surface area contributed by atoms with Crippen molar-refractivity contribution < 1.29 is 0 Å². The van der Waals surface area contributed by atoms with E-state index in [-0.39, 0.29) is 0 Å². The lowest BCUT2D eigenvalue weighted by Crippen LogP contribution is -2.05. The minimum absolute atomic E-state index is 1.02. The van der Waals surface area contributed by atoms with Crippen molar-refractivity contribution >= 4 is 44.5 Å². The van der Waals surface area contributed by atoms with Crippen molar-refractivity contribution in [2.75, 3.05) is 0 Å². The number of aromatic nitrogens is 2. The molecule has 6 aromatic carbocycles. The molecule has 11 rings (SSSR count). The Hall–Kier alpha value is -6.38. The highest BCUT2D eigenvalue weighted by Crippen LogP contribution is 2.46. The average molecular weight is 693 g/mol. The van der Waals surface area contributed by atoms with E-state index in [1.165, 1.54) is 99.9 Å². The van der Waals surface area contributed by atoms with Crippen molar-refractivity contribution in [1.29, 1.82) is 0 Å². The first-order valence-electron chi connectivity index (χ1n) is 19.5. The maximum absolute atomic E-state index is 2.57. The lowest BCUT2D eigenvalue weighted by molar-refractivity contribution is 0.870. The molecule has 54 heavy (non-hydrogen) atoms. The Kier molecular flexibility index (Phi) is 7.30. The van der Waals surface area contributed by atoms with Crippen LogP contribution >= 0.6 is 0 Å². The molecule has 3 aliphatic rings. The predicted octanol–water partition coefficient (Wildman–Crippen LogP) is 14.0. The Morgan fingerprint density at radius 2 is 1.06 bits per heavy atom. The molecule has 0 saturated carbocycles. The first-order valence-corrected chi connectivity index (χ1v) is 19.5. The van der Waals surface area contributed by atoms with Gasteiger partial charge in [-0.3, -0.25) is 0 Å². The number of hydrogen-bond donors (Lipinski definition) is 0. The van der Waals surface area contributed by atoms with Crippen molar-refractivity contribution in [3.63, 3.8) is 0 Å². The zero-order chi connectivity index (χ0) is 35.6. The Balaban J connectivity index is 1.17. The summed E-state index contributed by atoms with van der Waals surface area (Å²) in [7, 11) is 0. The van der Waals surface area contributed by atoms with Gasteiger partial charge in [-0.05, 0) is 137 Å². The van der Waals surface area contributed by atoms with Crippen LogP contribution in [-0.4, -0.2) is 9.13 Å². The smallest absolute Gasteiger partial charge is 0.0544 e.